The second-order valence-electron chi connectivity index (χ2n) is 6.25. The zero-order chi connectivity index (χ0) is 19.8. The number of anilines is 2. The first-order valence-corrected chi connectivity index (χ1v) is 9.27. The number of methoxy groups -OCH3 is 1. The van der Waals surface area contributed by atoms with Crippen LogP contribution in [0.2, 0.25) is 0 Å². The third-order valence-corrected chi connectivity index (χ3v) is 4.22. The van der Waals surface area contributed by atoms with Crippen LogP contribution in [0, 0.1) is 0 Å². The van der Waals surface area contributed by atoms with E-state index in [0.717, 1.165) is 17.7 Å². The molecule has 0 atom stereocenters. The van der Waals surface area contributed by atoms with E-state index < -0.39 is 0 Å². The molecule has 0 bridgehead atoms. The minimum Gasteiger partial charge on any atom is -0.383 e. The van der Waals surface area contributed by atoms with Gasteiger partial charge in [-0.3, -0.25) is 4.79 Å². The predicted molar refractivity (Wildman–Crippen MR) is 111 cm³/mol. The molecule has 1 aromatic heterocycles. The summed E-state index contributed by atoms with van der Waals surface area (Å²) in [6.45, 7) is 2.98. The van der Waals surface area contributed by atoms with Gasteiger partial charge in [-0.15, -0.1) is 0 Å². The normalized spacial score (nSPS) is 10.5. The van der Waals surface area contributed by atoms with E-state index in [1.54, 1.807) is 13.2 Å². The van der Waals surface area contributed by atoms with Crippen LogP contribution in [0.25, 0.3) is 11.4 Å². The molecule has 0 aliphatic rings. The van der Waals surface area contributed by atoms with Gasteiger partial charge in [-0.1, -0.05) is 49.4 Å². The fourth-order valence-electron chi connectivity index (χ4n) is 2.67. The molecule has 0 fully saturated rings. The highest BCUT2D eigenvalue weighted by Crippen LogP contribution is 2.21. The highest BCUT2D eigenvalue weighted by atomic mass is 16.5. The van der Waals surface area contributed by atoms with Crippen molar-refractivity contribution in [2.75, 3.05) is 25.6 Å². The number of hydrogen-bond acceptors (Lipinski definition) is 5. The van der Waals surface area contributed by atoms with E-state index in [1.165, 1.54) is 5.56 Å². The molecule has 144 valence electrons. The van der Waals surface area contributed by atoms with Crippen LogP contribution in [0.1, 0.15) is 23.0 Å². The second-order valence-corrected chi connectivity index (χ2v) is 6.25. The molecular formula is C22H24N4O2. The van der Waals surface area contributed by atoms with Gasteiger partial charge in [0, 0.05) is 31.0 Å². The van der Waals surface area contributed by atoms with Crippen LogP contribution >= 0.6 is 0 Å². The maximum Gasteiger partial charge on any atom is 0.270 e. The number of ether oxygens (including phenoxy) is 1. The molecular weight excluding hydrogens is 352 g/mol. The van der Waals surface area contributed by atoms with E-state index in [1.807, 2.05) is 42.5 Å². The molecule has 3 aromatic rings. The number of benzene rings is 2. The van der Waals surface area contributed by atoms with E-state index in [9.17, 15) is 4.79 Å². The summed E-state index contributed by atoms with van der Waals surface area (Å²) in [5, 5.41) is 6.07. The van der Waals surface area contributed by atoms with Crippen LogP contribution in [0.5, 0.6) is 0 Å². The Hall–Kier alpha value is -3.25. The molecule has 0 unspecified atom stereocenters. The van der Waals surface area contributed by atoms with Gasteiger partial charge in [-0.2, -0.15) is 0 Å². The summed E-state index contributed by atoms with van der Waals surface area (Å²) in [5.74, 6) is 0.795. The first-order valence-electron chi connectivity index (χ1n) is 9.27. The van der Waals surface area contributed by atoms with Crippen molar-refractivity contribution in [1.82, 2.24) is 15.3 Å². The maximum atomic E-state index is 12.5. The van der Waals surface area contributed by atoms with Gasteiger partial charge >= 0.3 is 0 Å². The number of hydrogen-bond donors (Lipinski definition) is 2. The summed E-state index contributed by atoms with van der Waals surface area (Å²) < 4.78 is 4.98. The Morgan fingerprint density at radius 1 is 1.04 bits per heavy atom. The molecule has 28 heavy (non-hydrogen) atoms. The Balaban J connectivity index is 1.91. The summed E-state index contributed by atoms with van der Waals surface area (Å²) in [6, 6.07) is 19.4. The number of carbonyl (C=O) groups is 1. The molecule has 3 rings (SSSR count). The Morgan fingerprint density at radius 2 is 1.79 bits per heavy atom. The Morgan fingerprint density at radius 3 is 2.46 bits per heavy atom. The third kappa shape index (κ3) is 5.14. The van der Waals surface area contributed by atoms with Crippen LogP contribution in [-0.2, 0) is 11.2 Å². The summed E-state index contributed by atoms with van der Waals surface area (Å²) in [4.78, 5) is 21.5. The Bertz CT molecular complexity index is 912. The van der Waals surface area contributed by atoms with Crippen molar-refractivity contribution < 1.29 is 9.53 Å². The predicted octanol–water partition coefficient (Wildman–Crippen LogP) is 3.83. The van der Waals surface area contributed by atoms with E-state index in [-0.39, 0.29) is 5.91 Å². The number of amides is 1. The lowest BCUT2D eigenvalue weighted by atomic mass is 10.1. The monoisotopic (exact) mass is 376 g/mol. The average molecular weight is 376 g/mol. The molecule has 2 aromatic carbocycles. The van der Waals surface area contributed by atoms with Crippen LogP contribution < -0.4 is 10.6 Å². The molecule has 2 N–H and O–H groups in total. The maximum absolute atomic E-state index is 12.5. The van der Waals surface area contributed by atoms with E-state index in [2.05, 4.69) is 39.7 Å². The smallest absolute Gasteiger partial charge is 0.270 e. The van der Waals surface area contributed by atoms with Crippen molar-refractivity contribution in [2.24, 2.45) is 0 Å². The molecule has 0 saturated carbocycles. The van der Waals surface area contributed by atoms with Crippen molar-refractivity contribution in [3.63, 3.8) is 0 Å². The SMILES string of the molecule is CCc1ccc(Nc2cc(C(=O)NCCOC)nc(-c3ccccc3)n2)cc1. The Labute approximate surface area is 165 Å². The van der Waals surface area contributed by atoms with Gasteiger partial charge < -0.3 is 15.4 Å². The summed E-state index contributed by atoms with van der Waals surface area (Å²) in [6.07, 6.45) is 0.984. The number of nitrogens with zero attached hydrogens (tertiary/aromatic N) is 2. The van der Waals surface area contributed by atoms with Gasteiger partial charge in [0.05, 0.1) is 6.61 Å². The molecule has 0 radical (unpaired) electrons. The second kappa shape index (κ2) is 9.62. The zero-order valence-electron chi connectivity index (χ0n) is 16.1. The van der Waals surface area contributed by atoms with Crippen molar-refractivity contribution >= 4 is 17.4 Å². The standard InChI is InChI=1S/C22H24N4O2/c1-3-16-9-11-18(12-10-16)24-20-15-19(22(27)23-13-14-28-2)25-21(26-20)17-7-5-4-6-8-17/h4-12,15H,3,13-14H2,1-2H3,(H,23,27)(H,24,25,26). The van der Waals surface area contributed by atoms with E-state index in [4.69, 9.17) is 4.74 Å². The average Bonchev–Trinajstić information content (AvgIpc) is 2.75. The largest absolute Gasteiger partial charge is 0.383 e. The van der Waals surface area contributed by atoms with Gasteiger partial charge in [0.15, 0.2) is 5.82 Å². The molecule has 0 spiro atoms. The summed E-state index contributed by atoms with van der Waals surface area (Å²) in [7, 11) is 1.59. The fraction of sp³-hybridized carbons (Fsp3) is 0.227. The van der Waals surface area contributed by atoms with Crippen LogP contribution in [0.3, 0.4) is 0 Å². The number of nitrogens with one attached hydrogen (secondary N) is 2. The molecule has 6 nitrogen and oxygen atoms in total. The van der Waals surface area contributed by atoms with E-state index in [0.29, 0.717) is 30.5 Å². The lowest BCUT2D eigenvalue weighted by molar-refractivity contribution is 0.0932. The summed E-state index contributed by atoms with van der Waals surface area (Å²) >= 11 is 0. The Kier molecular flexibility index (Phi) is 6.70. The van der Waals surface area contributed by atoms with Gasteiger partial charge in [-0.25, -0.2) is 9.97 Å². The number of rotatable bonds is 8. The molecule has 0 aliphatic carbocycles. The van der Waals surface area contributed by atoms with Gasteiger partial charge in [0.2, 0.25) is 0 Å². The quantitative estimate of drug-likeness (QED) is 0.585. The van der Waals surface area contributed by atoms with Crippen LogP contribution in [0.15, 0.2) is 60.7 Å². The first kappa shape index (κ1) is 19.5. The highest BCUT2D eigenvalue weighted by Gasteiger charge is 2.13. The van der Waals surface area contributed by atoms with Gasteiger partial charge in [-0.05, 0) is 24.1 Å². The van der Waals surface area contributed by atoms with Crippen molar-refractivity contribution in [2.45, 2.75) is 13.3 Å². The lowest BCUT2D eigenvalue weighted by Gasteiger charge is -2.11. The lowest BCUT2D eigenvalue weighted by Crippen LogP contribution is -2.28. The molecule has 1 amide bonds. The van der Waals surface area contributed by atoms with Crippen LogP contribution in [0.4, 0.5) is 11.5 Å². The number of carbonyl (C=O) groups excluding carboxylic acids is 1. The first-order chi connectivity index (χ1) is 13.7. The van der Waals surface area contributed by atoms with Crippen molar-refractivity contribution in [3.8, 4) is 11.4 Å². The number of aryl methyl sites for hydroxylation is 1. The topological polar surface area (TPSA) is 76.1 Å². The third-order valence-electron chi connectivity index (χ3n) is 4.22. The fourth-order valence-corrected chi connectivity index (χ4v) is 2.67. The van der Waals surface area contributed by atoms with Crippen LogP contribution in [-0.4, -0.2) is 36.1 Å². The molecule has 6 heteroatoms. The summed E-state index contributed by atoms with van der Waals surface area (Å²) in [5.41, 5.74) is 3.31. The molecule has 1 heterocycles. The molecule has 0 saturated heterocycles. The van der Waals surface area contributed by atoms with Gasteiger partial charge in [0.25, 0.3) is 5.91 Å². The zero-order valence-corrected chi connectivity index (χ0v) is 16.1. The highest BCUT2D eigenvalue weighted by molar-refractivity contribution is 5.93. The minimum atomic E-state index is -0.263. The van der Waals surface area contributed by atoms with Crippen molar-refractivity contribution in [1.29, 1.82) is 0 Å². The number of aromatic nitrogens is 2. The minimum absolute atomic E-state index is 0.263. The van der Waals surface area contributed by atoms with E-state index >= 15 is 0 Å². The molecule has 0 aliphatic heterocycles. The van der Waals surface area contributed by atoms with Crippen molar-refractivity contribution in [3.05, 3.63) is 71.9 Å². The van der Waals surface area contributed by atoms with Gasteiger partial charge in [0.1, 0.15) is 11.5 Å².